The fraction of sp³-hybridized carbons (Fsp3) is 0.450. The molecule has 0 fully saturated rings. The maximum absolute atomic E-state index is 12.3. The van der Waals surface area contributed by atoms with Crippen molar-refractivity contribution in [3.05, 3.63) is 42.0 Å². The summed E-state index contributed by atoms with van der Waals surface area (Å²) in [5.74, 6) is -0.0200. The van der Waals surface area contributed by atoms with E-state index in [1.807, 2.05) is 36.4 Å². The van der Waals surface area contributed by atoms with Crippen LogP contribution in [-0.2, 0) is 19.2 Å². The number of ether oxygens (including phenoxy) is 2. The molecule has 8 nitrogen and oxygen atoms in total. The molecule has 0 aliphatic rings. The van der Waals surface area contributed by atoms with Crippen LogP contribution in [0.1, 0.15) is 31.2 Å². The van der Waals surface area contributed by atoms with E-state index in [2.05, 4.69) is 33.3 Å². The molecule has 0 aliphatic heterocycles. The quantitative estimate of drug-likeness (QED) is 0.0668. The van der Waals surface area contributed by atoms with Gasteiger partial charge in [0.25, 0.3) is 0 Å². The monoisotopic (exact) mass is 516 g/mol. The van der Waals surface area contributed by atoms with E-state index < -0.39 is 5.92 Å². The zero-order chi connectivity index (χ0) is 21.1. The Balaban J connectivity index is 1.83. The molecule has 9 heteroatoms. The van der Waals surface area contributed by atoms with Crippen molar-refractivity contribution in [3.63, 3.8) is 0 Å². The average Bonchev–Trinajstić information content (AvgIpc) is 2.76. The van der Waals surface area contributed by atoms with Gasteiger partial charge in [-0.3, -0.25) is 4.79 Å². The predicted molar refractivity (Wildman–Crippen MR) is 117 cm³/mol. The average molecular weight is 516 g/mol. The molecule has 158 valence electrons. The fourth-order valence-electron chi connectivity index (χ4n) is 2.56. The summed E-state index contributed by atoms with van der Waals surface area (Å²) >= 11 is 2.32. The van der Waals surface area contributed by atoms with Crippen LogP contribution in [0.3, 0.4) is 0 Å². The number of benzene rings is 2. The van der Waals surface area contributed by atoms with Gasteiger partial charge in [0.1, 0.15) is 12.3 Å². The number of carbonyl (C=O) groups excluding carboxylic acids is 1. The van der Waals surface area contributed by atoms with Crippen molar-refractivity contribution >= 4 is 39.3 Å². The summed E-state index contributed by atoms with van der Waals surface area (Å²) in [7, 11) is 3.10. The van der Waals surface area contributed by atoms with Crippen molar-refractivity contribution in [2.45, 2.75) is 25.7 Å². The molecule has 2 aromatic carbocycles. The van der Waals surface area contributed by atoms with E-state index in [0.29, 0.717) is 6.54 Å². The third-order valence-electron chi connectivity index (χ3n) is 4.27. The first-order valence-corrected chi connectivity index (χ1v) is 10.8. The Labute approximate surface area is 184 Å². The molecule has 0 spiro atoms. The third-order valence-corrected chi connectivity index (χ3v) is 5.03. The number of esters is 1. The highest BCUT2D eigenvalue weighted by Crippen LogP contribution is 2.25. The maximum atomic E-state index is 12.3. The number of nitrogens with one attached hydrogen (secondary N) is 1. The van der Waals surface area contributed by atoms with Crippen molar-refractivity contribution in [1.82, 2.24) is 5.59 Å². The Morgan fingerprint density at radius 1 is 1.17 bits per heavy atom. The summed E-state index contributed by atoms with van der Waals surface area (Å²) in [5, 5.41) is 6.22. The molecule has 29 heavy (non-hydrogen) atoms. The lowest BCUT2D eigenvalue weighted by Gasteiger charge is -2.12. The van der Waals surface area contributed by atoms with Crippen molar-refractivity contribution in [3.8, 4) is 5.75 Å². The first-order chi connectivity index (χ1) is 14.1. The molecule has 1 unspecified atom stereocenters. The van der Waals surface area contributed by atoms with Crippen molar-refractivity contribution in [1.29, 1.82) is 0 Å². The second kappa shape index (κ2) is 12.4. The number of nitrogens with zero attached hydrogens (tertiary/aromatic N) is 2. The van der Waals surface area contributed by atoms with Crippen LogP contribution in [0.5, 0.6) is 5.75 Å². The van der Waals surface area contributed by atoms with Crippen molar-refractivity contribution in [2.75, 3.05) is 32.0 Å². The van der Waals surface area contributed by atoms with Gasteiger partial charge >= 0.3 is 5.97 Å². The Hall–Kier alpha value is -2.14. The van der Waals surface area contributed by atoms with E-state index in [0.717, 1.165) is 44.3 Å². The highest BCUT2D eigenvalue weighted by atomic mass is 127. The molecule has 0 saturated heterocycles. The number of alkyl halides is 1. The zero-order valence-electron chi connectivity index (χ0n) is 16.9. The van der Waals surface area contributed by atoms with Crippen molar-refractivity contribution in [2.24, 2.45) is 5.11 Å². The summed E-state index contributed by atoms with van der Waals surface area (Å²) in [6.07, 6.45) is 2.04. The molecule has 1 atom stereocenters. The lowest BCUT2D eigenvalue weighted by atomic mass is 9.98. The van der Waals surface area contributed by atoms with E-state index in [1.165, 1.54) is 7.11 Å². The molecule has 0 aromatic heterocycles. The molecule has 0 radical (unpaired) electrons. The summed E-state index contributed by atoms with van der Waals surface area (Å²) in [6, 6.07) is 11.7. The first-order valence-electron chi connectivity index (χ1n) is 9.28. The number of rotatable bonds is 12. The number of carbonyl (C=O) groups is 1. The van der Waals surface area contributed by atoms with Crippen molar-refractivity contribution < 1.29 is 28.9 Å². The number of hydrogen-bond donors (Lipinski definition) is 1. The Bertz CT molecular complexity index is 831. The van der Waals surface area contributed by atoms with Gasteiger partial charge < -0.3 is 9.47 Å². The Morgan fingerprint density at radius 3 is 2.66 bits per heavy atom. The minimum Gasteiger partial charge on any atom is -0.497 e. The number of hydrogen-bond acceptors (Lipinski definition) is 6. The van der Waals surface area contributed by atoms with E-state index in [9.17, 15) is 4.79 Å². The molecule has 0 heterocycles. The van der Waals surface area contributed by atoms with E-state index in [-0.39, 0.29) is 12.8 Å². The lowest BCUT2D eigenvalue weighted by Crippen LogP contribution is -2.29. The van der Waals surface area contributed by atoms with Crippen LogP contribution >= 0.6 is 22.6 Å². The molecule has 2 rings (SSSR count). The lowest BCUT2D eigenvalue weighted by molar-refractivity contribution is -0.895. The van der Waals surface area contributed by atoms with E-state index in [1.54, 1.807) is 14.0 Å². The smallest absolute Gasteiger partial charge is 0.315 e. The summed E-state index contributed by atoms with van der Waals surface area (Å²) in [5.41, 5.74) is 3.33. The summed E-state index contributed by atoms with van der Waals surface area (Å²) < 4.78 is 11.5. The normalized spacial score (nSPS) is 12.5. The van der Waals surface area contributed by atoms with Gasteiger partial charge in [0.15, 0.2) is 7.11 Å². The van der Waals surface area contributed by atoms with Gasteiger partial charge in [0.05, 0.1) is 13.0 Å². The largest absolute Gasteiger partial charge is 0.497 e. The molecule has 0 saturated carbocycles. The molecule has 0 aliphatic carbocycles. The van der Waals surface area contributed by atoms with Crippen LogP contribution < -0.4 is 10.3 Å². The van der Waals surface area contributed by atoms with E-state index in [4.69, 9.17) is 19.1 Å². The molecule has 0 amide bonds. The predicted octanol–water partition coefficient (Wildman–Crippen LogP) is 4.13. The second-order valence-corrected chi connectivity index (χ2v) is 7.31. The highest BCUT2D eigenvalue weighted by Gasteiger charge is 2.18. The van der Waals surface area contributed by atoms with Gasteiger partial charge in [-0.15, -0.1) is 0 Å². The van der Waals surface area contributed by atoms with Crippen LogP contribution in [0.4, 0.5) is 0 Å². The van der Waals surface area contributed by atoms with Gasteiger partial charge in [-0.25, -0.2) is 4.84 Å². The fourth-order valence-corrected chi connectivity index (χ4v) is 3.10. The molecule has 2 aromatic rings. The van der Waals surface area contributed by atoms with Crippen LogP contribution in [0.25, 0.3) is 10.8 Å². The topological polar surface area (TPSA) is 81.4 Å². The summed E-state index contributed by atoms with van der Waals surface area (Å²) in [6.45, 7) is 2.14. The van der Waals surface area contributed by atoms with Gasteiger partial charge in [0.2, 0.25) is 11.8 Å². The third kappa shape index (κ3) is 7.32. The maximum Gasteiger partial charge on any atom is 0.315 e. The minimum atomic E-state index is -0.429. The van der Waals surface area contributed by atoms with E-state index >= 15 is 0 Å². The van der Waals surface area contributed by atoms with Crippen LogP contribution in [-0.4, -0.2) is 42.9 Å². The minimum absolute atomic E-state index is 0.267. The van der Waals surface area contributed by atoms with Crippen LogP contribution in [0.15, 0.2) is 41.5 Å². The first kappa shape index (κ1) is 23.1. The SMILES string of the molecule is COc1ccc2cc(C(C)C(=O)OCON[N+](=NCCCCI)OC)ccc2c1. The highest BCUT2D eigenvalue weighted by molar-refractivity contribution is 14.1. The van der Waals surface area contributed by atoms with Gasteiger partial charge in [-0.05, 0) is 52.7 Å². The summed E-state index contributed by atoms with van der Waals surface area (Å²) in [4.78, 5) is 23.5. The van der Waals surface area contributed by atoms with Gasteiger partial charge in [-0.2, -0.15) is 4.84 Å². The number of unbranched alkanes of at least 4 members (excludes halogenated alkanes) is 1. The Morgan fingerprint density at radius 2 is 1.93 bits per heavy atom. The molecular formula is C20H27IN3O5+. The molecule has 0 bridgehead atoms. The number of fused-ring (bicyclic) bond motifs is 1. The Kier molecular flexibility index (Phi) is 9.92. The molecular weight excluding hydrogens is 489 g/mol. The zero-order valence-corrected chi connectivity index (χ0v) is 19.0. The van der Waals surface area contributed by atoms with Crippen LogP contribution in [0.2, 0.25) is 0 Å². The number of halogens is 1. The van der Waals surface area contributed by atoms with Gasteiger partial charge in [-0.1, -0.05) is 46.9 Å². The number of hydrazine groups is 1. The second-order valence-electron chi connectivity index (χ2n) is 6.23. The number of methoxy groups -OCH3 is 1. The van der Waals surface area contributed by atoms with Crippen LogP contribution in [0, 0.1) is 0 Å². The molecule has 1 N–H and O–H groups in total. The standard InChI is InChI=1S/C20H27IN3O5/c1-15(16-6-7-18-13-19(26-2)9-8-17(18)12-16)20(25)28-14-29-23-24(27-3)22-11-5-4-10-21/h6-9,12-13,15H,4-5,10-11,14H2,1-3H3,(H,22,23)/q+1. The van der Waals surface area contributed by atoms with Gasteiger partial charge in [0, 0.05) is 10.7 Å².